The van der Waals surface area contributed by atoms with Gasteiger partial charge >= 0.3 is 6.09 Å². The van der Waals surface area contributed by atoms with Crippen molar-refractivity contribution >= 4 is 11.9 Å². The van der Waals surface area contributed by atoms with Crippen LogP contribution in [-0.2, 0) is 14.3 Å². The number of hydrogen-bond donors (Lipinski definition) is 2. The minimum atomic E-state index is -0.617. The molecule has 0 radical (unpaired) electrons. The van der Waals surface area contributed by atoms with E-state index in [9.17, 15) is 9.59 Å². The number of piperidine rings is 2. The lowest BCUT2D eigenvalue weighted by atomic mass is 9.76. The van der Waals surface area contributed by atoms with Crippen LogP contribution < -0.4 is 10.6 Å². The second kappa shape index (κ2) is 9.09. The molecule has 1 unspecified atom stereocenters. The summed E-state index contributed by atoms with van der Waals surface area (Å²) in [5, 5.41) is 6.55. The highest BCUT2D eigenvalue weighted by Gasteiger charge is 2.50. The van der Waals surface area contributed by atoms with Crippen LogP contribution in [0.25, 0.3) is 0 Å². The normalized spacial score (nSPS) is 27.2. The van der Waals surface area contributed by atoms with Crippen molar-refractivity contribution in [3.05, 3.63) is 0 Å². The number of ketones is 1. The molecule has 3 saturated heterocycles. The van der Waals surface area contributed by atoms with Crippen molar-refractivity contribution in [3.63, 3.8) is 0 Å². The number of rotatable bonds is 5. The fourth-order valence-corrected chi connectivity index (χ4v) is 4.80. The molecule has 160 valence electrons. The zero-order valence-corrected chi connectivity index (χ0v) is 17.7. The molecule has 0 spiro atoms. The largest absolute Gasteiger partial charge is 0.444 e. The summed E-state index contributed by atoms with van der Waals surface area (Å²) in [6.45, 7) is 9.58. The summed E-state index contributed by atoms with van der Waals surface area (Å²) in [5.41, 5.74) is -1.19. The van der Waals surface area contributed by atoms with Crippen molar-refractivity contribution in [2.24, 2.45) is 0 Å². The van der Waals surface area contributed by atoms with E-state index in [-0.39, 0.29) is 17.9 Å². The zero-order valence-electron chi connectivity index (χ0n) is 17.7. The van der Waals surface area contributed by atoms with E-state index < -0.39 is 17.2 Å². The molecule has 0 bridgehead atoms. The van der Waals surface area contributed by atoms with Crippen molar-refractivity contribution in [3.8, 4) is 0 Å². The van der Waals surface area contributed by atoms with Crippen LogP contribution in [0.5, 0.6) is 0 Å². The first kappa shape index (κ1) is 21.5. The Hall–Kier alpha value is -1.18. The van der Waals surface area contributed by atoms with Gasteiger partial charge < -0.3 is 20.1 Å². The van der Waals surface area contributed by atoms with Crippen molar-refractivity contribution in [2.75, 3.05) is 32.8 Å². The fourth-order valence-electron chi connectivity index (χ4n) is 4.80. The average molecular weight is 396 g/mol. The predicted molar refractivity (Wildman–Crippen MR) is 107 cm³/mol. The molecular weight excluding hydrogens is 358 g/mol. The van der Waals surface area contributed by atoms with Crippen molar-refractivity contribution in [1.29, 1.82) is 0 Å². The van der Waals surface area contributed by atoms with E-state index in [1.54, 1.807) is 0 Å². The van der Waals surface area contributed by atoms with Crippen LogP contribution >= 0.6 is 0 Å². The number of nitrogens with one attached hydrogen (secondary N) is 2. The Morgan fingerprint density at radius 2 is 1.82 bits per heavy atom. The molecule has 0 aromatic heterocycles. The third-order valence-electron chi connectivity index (χ3n) is 6.04. The second-order valence-corrected chi connectivity index (χ2v) is 9.44. The van der Waals surface area contributed by atoms with E-state index in [1.807, 2.05) is 20.8 Å². The van der Waals surface area contributed by atoms with Gasteiger partial charge in [-0.3, -0.25) is 9.69 Å². The molecule has 28 heavy (non-hydrogen) atoms. The Bertz CT molecular complexity index is 542. The Morgan fingerprint density at radius 3 is 2.39 bits per heavy atom. The summed E-state index contributed by atoms with van der Waals surface area (Å²) in [4.78, 5) is 28.7. The number of amides is 1. The lowest BCUT2D eigenvalue weighted by Crippen LogP contribution is -2.70. The summed E-state index contributed by atoms with van der Waals surface area (Å²) in [6.07, 6.45) is 5.74. The molecule has 2 N–H and O–H groups in total. The van der Waals surface area contributed by atoms with Gasteiger partial charge in [0.1, 0.15) is 11.7 Å². The molecule has 0 aromatic rings. The topological polar surface area (TPSA) is 79.9 Å². The van der Waals surface area contributed by atoms with Crippen LogP contribution in [0.3, 0.4) is 0 Å². The third-order valence-corrected chi connectivity index (χ3v) is 6.04. The van der Waals surface area contributed by atoms with Crippen molar-refractivity contribution < 1.29 is 19.1 Å². The number of hydrogen-bond acceptors (Lipinski definition) is 6. The number of Topliss-reactive ketones (excluding diaryl/α,β-unsaturated/α-hetero) is 1. The molecule has 3 heterocycles. The van der Waals surface area contributed by atoms with Gasteiger partial charge in [-0.15, -0.1) is 0 Å². The minimum absolute atomic E-state index is 0.136. The van der Waals surface area contributed by atoms with Crippen LogP contribution in [0.15, 0.2) is 0 Å². The summed E-state index contributed by atoms with van der Waals surface area (Å²) < 4.78 is 11.3. The van der Waals surface area contributed by atoms with E-state index in [0.29, 0.717) is 19.4 Å². The predicted octanol–water partition coefficient (Wildman–Crippen LogP) is 2.24. The van der Waals surface area contributed by atoms with Gasteiger partial charge in [0.15, 0.2) is 5.78 Å². The average Bonchev–Trinajstić information content (AvgIpc) is 3.16. The minimum Gasteiger partial charge on any atom is -0.444 e. The molecule has 0 saturated carbocycles. The van der Waals surface area contributed by atoms with Crippen LogP contribution in [0, 0.1) is 0 Å². The van der Waals surface area contributed by atoms with E-state index in [2.05, 4.69) is 15.5 Å². The summed E-state index contributed by atoms with van der Waals surface area (Å²) in [7, 11) is 0. The SMILES string of the molecule is CC(C)(C)OC(=O)NC1(C(C(=O)[C@@H]2CCCO2)N2CCCCC2)CCNCC1. The molecule has 1 amide bonds. The molecule has 2 atom stereocenters. The number of carbonyl (C=O) groups excluding carboxylic acids is 2. The Kier molecular flexibility index (Phi) is 6.99. The first-order valence-corrected chi connectivity index (χ1v) is 10.9. The highest BCUT2D eigenvalue weighted by molar-refractivity contribution is 5.90. The Balaban J connectivity index is 1.88. The maximum absolute atomic E-state index is 13.6. The van der Waals surface area contributed by atoms with Crippen LogP contribution in [0.2, 0.25) is 0 Å². The fraction of sp³-hybridized carbons (Fsp3) is 0.905. The molecule has 3 aliphatic rings. The standard InChI is InChI=1S/C21H37N3O4/c1-20(2,3)28-19(26)23-21(9-11-22-12-10-21)18(24-13-5-4-6-14-24)17(25)16-8-7-15-27-16/h16,18,22H,4-15H2,1-3H3,(H,23,26)/t16-,18?/m0/s1. The van der Waals surface area contributed by atoms with E-state index >= 15 is 0 Å². The van der Waals surface area contributed by atoms with E-state index in [0.717, 1.165) is 51.9 Å². The molecule has 0 aromatic carbocycles. The number of ether oxygens (including phenoxy) is 2. The third kappa shape index (κ3) is 5.24. The van der Waals surface area contributed by atoms with Gasteiger partial charge in [-0.05, 0) is 85.5 Å². The van der Waals surface area contributed by atoms with Gasteiger partial charge in [0.2, 0.25) is 0 Å². The maximum Gasteiger partial charge on any atom is 0.408 e. The van der Waals surface area contributed by atoms with Crippen molar-refractivity contribution in [2.45, 2.75) is 89.0 Å². The van der Waals surface area contributed by atoms with E-state index in [4.69, 9.17) is 9.47 Å². The van der Waals surface area contributed by atoms with Gasteiger partial charge in [0.25, 0.3) is 0 Å². The smallest absolute Gasteiger partial charge is 0.408 e. The van der Waals surface area contributed by atoms with Gasteiger partial charge in [0.05, 0.1) is 11.6 Å². The molecule has 3 fully saturated rings. The van der Waals surface area contributed by atoms with Crippen molar-refractivity contribution in [1.82, 2.24) is 15.5 Å². The highest BCUT2D eigenvalue weighted by atomic mass is 16.6. The molecule has 0 aliphatic carbocycles. The monoisotopic (exact) mass is 395 g/mol. The second-order valence-electron chi connectivity index (χ2n) is 9.44. The molecule has 7 nitrogen and oxygen atoms in total. The summed E-state index contributed by atoms with van der Waals surface area (Å²) >= 11 is 0. The van der Waals surface area contributed by atoms with Gasteiger partial charge in [-0.1, -0.05) is 6.42 Å². The van der Waals surface area contributed by atoms with E-state index in [1.165, 1.54) is 6.42 Å². The van der Waals surface area contributed by atoms with Crippen LogP contribution in [-0.4, -0.2) is 72.8 Å². The molecule has 3 aliphatic heterocycles. The first-order valence-electron chi connectivity index (χ1n) is 10.9. The van der Waals surface area contributed by atoms with Gasteiger partial charge in [-0.25, -0.2) is 4.79 Å². The summed E-state index contributed by atoms with van der Waals surface area (Å²) in [5.74, 6) is 0.136. The number of alkyl carbamates (subject to hydrolysis) is 1. The summed E-state index contributed by atoms with van der Waals surface area (Å²) in [6, 6.07) is -0.356. The number of nitrogens with zero attached hydrogens (tertiary/aromatic N) is 1. The lowest BCUT2D eigenvalue weighted by molar-refractivity contribution is -0.138. The van der Waals surface area contributed by atoms with Crippen LogP contribution in [0.1, 0.15) is 65.7 Å². The Morgan fingerprint density at radius 1 is 1.14 bits per heavy atom. The molecule has 7 heteroatoms. The first-order chi connectivity index (χ1) is 13.3. The molecule has 3 rings (SSSR count). The maximum atomic E-state index is 13.6. The Labute approximate surface area is 168 Å². The lowest BCUT2D eigenvalue weighted by Gasteiger charge is -2.49. The quantitative estimate of drug-likeness (QED) is 0.743. The number of likely N-dealkylation sites (tertiary alicyclic amines) is 1. The van der Waals surface area contributed by atoms with Gasteiger partial charge in [-0.2, -0.15) is 0 Å². The van der Waals surface area contributed by atoms with Gasteiger partial charge in [0, 0.05) is 6.61 Å². The highest BCUT2D eigenvalue weighted by Crippen LogP contribution is 2.32. The zero-order chi connectivity index (χ0) is 20.2. The molecular formula is C21H37N3O4. The number of carbonyl (C=O) groups is 2. The van der Waals surface area contributed by atoms with Crippen LogP contribution in [0.4, 0.5) is 4.79 Å².